The maximum absolute atomic E-state index is 12.4. The predicted octanol–water partition coefficient (Wildman–Crippen LogP) is 3.77. The highest BCUT2D eigenvalue weighted by molar-refractivity contribution is 7.99. The fraction of sp³-hybridized carbons (Fsp3) is 0.208. The third kappa shape index (κ3) is 6.46. The van der Waals surface area contributed by atoms with Crippen molar-refractivity contribution in [1.29, 1.82) is 0 Å². The number of nitrogens with one attached hydrogen (secondary N) is 2. The van der Waals surface area contributed by atoms with E-state index in [9.17, 15) is 9.59 Å². The molecule has 9 nitrogen and oxygen atoms in total. The molecule has 4 aromatic rings. The van der Waals surface area contributed by atoms with E-state index >= 15 is 0 Å². The SMILES string of the molecule is Cc1cccc(-n2c(CNC(=O)COc3ccccc3)nnc2SCC(=O)Nc2nccs2)c1C. The summed E-state index contributed by atoms with van der Waals surface area (Å²) in [5.41, 5.74) is 3.06. The first kappa shape index (κ1) is 24.4. The first-order chi connectivity index (χ1) is 17.0. The molecule has 0 aliphatic rings. The van der Waals surface area contributed by atoms with Gasteiger partial charge in [0.2, 0.25) is 5.91 Å². The molecular formula is C24H24N6O3S2. The van der Waals surface area contributed by atoms with Gasteiger partial charge in [0.15, 0.2) is 22.7 Å². The first-order valence-electron chi connectivity index (χ1n) is 10.8. The summed E-state index contributed by atoms with van der Waals surface area (Å²) in [6.45, 7) is 4.09. The van der Waals surface area contributed by atoms with Crippen LogP contribution >= 0.6 is 23.1 Å². The zero-order valence-electron chi connectivity index (χ0n) is 19.2. The Balaban J connectivity index is 1.47. The topological polar surface area (TPSA) is 111 Å². The summed E-state index contributed by atoms with van der Waals surface area (Å²) in [7, 11) is 0. The molecule has 35 heavy (non-hydrogen) atoms. The van der Waals surface area contributed by atoms with Crippen molar-refractivity contribution in [1.82, 2.24) is 25.1 Å². The number of carbonyl (C=O) groups excluding carboxylic acids is 2. The second-order valence-corrected chi connectivity index (χ2v) is 9.34. The number of thiazole rings is 1. The molecule has 0 atom stereocenters. The molecule has 2 heterocycles. The number of aryl methyl sites for hydroxylation is 1. The largest absolute Gasteiger partial charge is 0.484 e. The Kier molecular flexibility index (Phi) is 8.11. The summed E-state index contributed by atoms with van der Waals surface area (Å²) < 4.78 is 7.39. The average Bonchev–Trinajstić information content (AvgIpc) is 3.52. The smallest absolute Gasteiger partial charge is 0.258 e. The minimum Gasteiger partial charge on any atom is -0.484 e. The maximum atomic E-state index is 12.4. The van der Waals surface area contributed by atoms with Gasteiger partial charge in [-0.1, -0.05) is 42.1 Å². The molecule has 0 fully saturated rings. The van der Waals surface area contributed by atoms with Crippen LogP contribution in [0.4, 0.5) is 5.13 Å². The Morgan fingerprint density at radius 2 is 1.89 bits per heavy atom. The molecule has 180 valence electrons. The fourth-order valence-corrected chi connectivity index (χ4v) is 4.50. The predicted molar refractivity (Wildman–Crippen MR) is 136 cm³/mol. The van der Waals surface area contributed by atoms with Gasteiger partial charge in [0.1, 0.15) is 5.75 Å². The number of rotatable bonds is 10. The average molecular weight is 509 g/mol. The second kappa shape index (κ2) is 11.6. The van der Waals surface area contributed by atoms with Gasteiger partial charge in [0, 0.05) is 11.6 Å². The van der Waals surface area contributed by atoms with Crippen LogP contribution in [0.1, 0.15) is 17.0 Å². The van der Waals surface area contributed by atoms with Crippen LogP contribution in [-0.4, -0.2) is 43.9 Å². The number of anilines is 1. The first-order valence-corrected chi connectivity index (χ1v) is 12.7. The molecule has 0 unspecified atom stereocenters. The molecule has 0 spiro atoms. The van der Waals surface area contributed by atoms with E-state index in [4.69, 9.17) is 4.74 Å². The van der Waals surface area contributed by atoms with Crippen LogP contribution < -0.4 is 15.4 Å². The van der Waals surface area contributed by atoms with Crippen LogP contribution in [-0.2, 0) is 16.1 Å². The van der Waals surface area contributed by atoms with Crippen molar-refractivity contribution in [2.75, 3.05) is 17.7 Å². The summed E-state index contributed by atoms with van der Waals surface area (Å²) >= 11 is 2.62. The van der Waals surface area contributed by atoms with Crippen molar-refractivity contribution < 1.29 is 14.3 Å². The molecule has 0 aliphatic carbocycles. The quantitative estimate of drug-likeness (QED) is 0.314. The van der Waals surface area contributed by atoms with Gasteiger partial charge in [0.05, 0.1) is 18.0 Å². The number of amides is 2. The number of carbonyl (C=O) groups is 2. The van der Waals surface area contributed by atoms with Crippen LogP contribution in [0.2, 0.25) is 0 Å². The molecule has 2 aromatic heterocycles. The number of aromatic nitrogens is 4. The number of nitrogens with zero attached hydrogens (tertiary/aromatic N) is 4. The van der Waals surface area contributed by atoms with E-state index in [0.717, 1.165) is 16.8 Å². The number of hydrogen-bond donors (Lipinski definition) is 2. The zero-order valence-corrected chi connectivity index (χ0v) is 20.9. The molecule has 2 amide bonds. The summed E-state index contributed by atoms with van der Waals surface area (Å²) in [6, 6.07) is 15.1. The number of benzene rings is 2. The van der Waals surface area contributed by atoms with E-state index in [2.05, 4.69) is 25.8 Å². The Bertz CT molecular complexity index is 1290. The summed E-state index contributed by atoms with van der Waals surface area (Å²) in [4.78, 5) is 28.8. The minimum absolute atomic E-state index is 0.111. The molecule has 0 radical (unpaired) electrons. The van der Waals surface area contributed by atoms with Gasteiger partial charge in [-0.25, -0.2) is 4.98 Å². The van der Waals surface area contributed by atoms with Gasteiger partial charge >= 0.3 is 0 Å². The van der Waals surface area contributed by atoms with Crippen molar-refractivity contribution in [2.45, 2.75) is 25.5 Å². The van der Waals surface area contributed by atoms with Gasteiger partial charge in [-0.05, 0) is 43.2 Å². The molecule has 2 aromatic carbocycles. The Morgan fingerprint density at radius 3 is 2.66 bits per heavy atom. The summed E-state index contributed by atoms with van der Waals surface area (Å²) in [6.07, 6.45) is 1.63. The van der Waals surface area contributed by atoms with Crippen molar-refractivity contribution in [3.05, 3.63) is 77.1 Å². The number of para-hydroxylation sites is 1. The molecule has 0 aliphatic heterocycles. The second-order valence-electron chi connectivity index (χ2n) is 7.51. The molecule has 11 heteroatoms. The highest BCUT2D eigenvalue weighted by Crippen LogP contribution is 2.26. The van der Waals surface area contributed by atoms with Crippen molar-refractivity contribution >= 4 is 40.0 Å². The molecule has 0 bridgehead atoms. The summed E-state index contributed by atoms with van der Waals surface area (Å²) in [5.74, 6) is 0.847. The van der Waals surface area contributed by atoms with Gasteiger partial charge in [-0.3, -0.25) is 14.2 Å². The lowest BCUT2D eigenvalue weighted by Gasteiger charge is -2.15. The molecule has 0 saturated carbocycles. The standard InChI is InChI=1S/C24H24N6O3S2/c1-16-7-6-10-19(17(16)2)30-20(13-26-21(31)14-33-18-8-4-3-5-9-18)28-29-24(30)35-15-22(32)27-23-25-11-12-34-23/h3-12H,13-15H2,1-2H3,(H,26,31)(H,25,27,32). The van der Waals surface area contributed by atoms with Crippen LogP contribution in [0.3, 0.4) is 0 Å². The van der Waals surface area contributed by atoms with Gasteiger partial charge in [-0.15, -0.1) is 21.5 Å². The van der Waals surface area contributed by atoms with Crippen LogP contribution in [0.25, 0.3) is 5.69 Å². The Morgan fingerprint density at radius 1 is 1.06 bits per heavy atom. The molecular weight excluding hydrogens is 484 g/mol. The van der Waals surface area contributed by atoms with Crippen molar-refractivity contribution in [3.63, 3.8) is 0 Å². The van der Waals surface area contributed by atoms with E-state index in [1.54, 1.807) is 23.7 Å². The lowest BCUT2D eigenvalue weighted by molar-refractivity contribution is -0.123. The Labute approximate surface area is 211 Å². The fourth-order valence-electron chi connectivity index (χ4n) is 3.19. The lowest BCUT2D eigenvalue weighted by Crippen LogP contribution is -2.29. The van der Waals surface area contributed by atoms with E-state index in [1.165, 1.54) is 23.1 Å². The molecule has 2 N–H and O–H groups in total. The Hall–Kier alpha value is -3.70. The van der Waals surface area contributed by atoms with Gasteiger partial charge < -0.3 is 15.4 Å². The van der Waals surface area contributed by atoms with Crippen molar-refractivity contribution in [3.8, 4) is 11.4 Å². The van der Waals surface area contributed by atoms with Gasteiger partial charge in [0.25, 0.3) is 5.91 Å². The highest BCUT2D eigenvalue weighted by atomic mass is 32.2. The zero-order chi connectivity index (χ0) is 24.6. The highest BCUT2D eigenvalue weighted by Gasteiger charge is 2.19. The van der Waals surface area contributed by atoms with Gasteiger partial charge in [-0.2, -0.15) is 0 Å². The summed E-state index contributed by atoms with van der Waals surface area (Å²) in [5, 5.41) is 17.1. The van der Waals surface area contributed by atoms with E-state index < -0.39 is 0 Å². The third-order valence-electron chi connectivity index (χ3n) is 5.09. The van der Waals surface area contributed by atoms with Crippen LogP contribution in [0, 0.1) is 13.8 Å². The van der Waals surface area contributed by atoms with Crippen molar-refractivity contribution in [2.24, 2.45) is 0 Å². The lowest BCUT2D eigenvalue weighted by atomic mass is 10.1. The normalized spacial score (nSPS) is 10.7. The third-order valence-corrected chi connectivity index (χ3v) is 6.70. The number of hydrogen-bond acceptors (Lipinski definition) is 8. The number of ether oxygens (including phenoxy) is 1. The van der Waals surface area contributed by atoms with E-state index in [-0.39, 0.29) is 30.7 Å². The monoisotopic (exact) mass is 508 g/mol. The molecule has 0 saturated heterocycles. The minimum atomic E-state index is -0.276. The molecule has 4 rings (SSSR count). The van der Waals surface area contributed by atoms with Crippen LogP contribution in [0.5, 0.6) is 5.75 Å². The number of thioether (sulfide) groups is 1. The van der Waals surface area contributed by atoms with E-state index in [0.29, 0.717) is 21.9 Å². The van der Waals surface area contributed by atoms with Crippen LogP contribution in [0.15, 0.2) is 65.3 Å². The van der Waals surface area contributed by atoms with E-state index in [1.807, 2.05) is 54.8 Å². The maximum Gasteiger partial charge on any atom is 0.258 e.